The Balaban J connectivity index is 2.01. The van der Waals surface area contributed by atoms with Gasteiger partial charge in [-0.1, -0.05) is 44.2 Å². The number of hydrogen-bond donors (Lipinski definition) is 1. The Morgan fingerprint density at radius 2 is 1.80 bits per heavy atom. The summed E-state index contributed by atoms with van der Waals surface area (Å²) < 4.78 is 0. The predicted molar refractivity (Wildman–Crippen MR) is 86.5 cm³/mol. The summed E-state index contributed by atoms with van der Waals surface area (Å²) in [6.45, 7) is 6.49. The van der Waals surface area contributed by atoms with E-state index in [2.05, 4.69) is 56.1 Å². The molecule has 1 fully saturated rings. The summed E-state index contributed by atoms with van der Waals surface area (Å²) in [4.78, 5) is 2.50. The third-order valence-electron chi connectivity index (χ3n) is 5.36. The van der Waals surface area contributed by atoms with E-state index in [9.17, 15) is 0 Å². The van der Waals surface area contributed by atoms with Crippen molar-refractivity contribution in [3.63, 3.8) is 0 Å². The maximum atomic E-state index is 6.17. The van der Waals surface area contributed by atoms with Crippen molar-refractivity contribution in [2.24, 2.45) is 17.6 Å². The minimum absolute atomic E-state index is 0.210. The van der Waals surface area contributed by atoms with Crippen molar-refractivity contribution < 1.29 is 0 Å². The molecule has 1 aromatic carbocycles. The second-order valence-electron chi connectivity index (χ2n) is 6.85. The van der Waals surface area contributed by atoms with Crippen LogP contribution in [0.2, 0.25) is 0 Å². The molecule has 1 aliphatic rings. The van der Waals surface area contributed by atoms with Crippen LogP contribution in [0.4, 0.5) is 0 Å². The molecule has 2 nitrogen and oxygen atoms in total. The van der Waals surface area contributed by atoms with Gasteiger partial charge in [0.15, 0.2) is 0 Å². The number of rotatable bonds is 5. The van der Waals surface area contributed by atoms with Crippen LogP contribution in [0.5, 0.6) is 0 Å². The molecule has 0 bridgehead atoms. The van der Waals surface area contributed by atoms with Crippen molar-refractivity contribution >= 4 is 0 Å². The first-order valence-corrected chi connectivity index (χ1v) is 8.02. The quantitative estimate of drug-likeness (QED) is 0.888. The molecule has 20 heavy (non-hydrogen) atoms. The van der Waals surface area contributed by atoms with Gasteiger partial charge in [-0.2, -0.15) is 0 Å². The molecule has 1 aromatic rings. The van der Waals surface area contributed by atoms with E-state index in [0.29, 0.717) is 0 Å². The summed E-state index contributed by atoms with van der Waals surface area (Å²) in [5, 5.41) is 0. The molecule has 1 saturated carbocycles. The van der Waals surface area contributed by atoms with E-state index < -0.39 is 0 Å². The Kier molecular flexibility index (Phi) is 5.22. The first-order valence-electron chi connectivity index (χ1n) is 8.02. The van der Waals surface area contributed by atoms with Gasteiger partial charge in [-0.05, 0) is 50.1 Å². The minimum atomic E-state index is 0.210. The molecule has 0 saturated heterocycles. The fourth-order valence-electron chi connectivity index (χ4n) is 3.61. The zero-order valence-electron chi connectivity index (χ0n) is 13.3. The van der Waals surface area contributed by atoms with Gasteiger partial charge in [0.05, 0.1) is 0 Å². The van der Waals surface area contributed by atoms with E-state index in [4.69, 9.17) is 5.73 Å². The lowest BCUT2D eigenvalue weighted by atomic mass is 9.72. The van der Waals surface area contributed by atoms with E-state index >= 15 is 0 Å². The number of hydrogen-bond acceptors (Lipinski definition) is 2. The van der Waals surface area contributed by atoms with Gasteiger partial charge in [0, 0.05) is 18.6 Å². The van der Waals surface area contributed by atoms with Gasteiger partial charge < -0.3 is 5.73 Å². The van der Waals surface area contributed by atoms with Crippen LogP contribution in [0.15, 0.2) is 30.3 Å². The summed E-state index contributed by atoms with van der Waals surface area (Å²) in [5.41, 5.74) is 7.77. The zero-order valence-corrected chi connectivity index (χ0v) is 13.3. The highest BCUT2D eigenvalue weighted by atomic mass is 15.2. The summed E-state index contributed by atoms with van der Waals surface area (Å²) in [6, 6.07) is 10.7. The van der Waals surface area contributed by atoms with Gasteiger partial charge in [0.25, 0.3) is 0 Å². The molecule has 2 N–H and O–H groups in total. The van der Waals surface area contributed by atoms with Crippen molar-refractivity contribution in [2.45, 2.75) is 51.6 Å². The highest BCUT2D eigenvalue weighted by Gasteiger charge is 2.38. The molecular weight excluding hydrogens is 244 g/mol. The van der Waals surface area contributed by atoms with Crippen molar-refractivity contribution in [2.75, 3.05) is 13.6 Å². The van der Waals surface area contributed by atoms with Crippen LogP contribution >= 0.6 is 0 Å². The van der Waals surface area contributed by atoms with E-state index in [1.165, 1.54) is 31.2 Å². The Morgan fingerprint density at radius 1 is 1.20 bits per heavy atom. The smallest absolute Gasteiger partial charge is 0.0332 e. The summed E-state index contributed by atoms with van der Waals surface area (Å²) in [6.07, 6.45) is 5.15. The van der Waals surface area contributed by atoms with Gasteiger partial charge >= 0.3 is 0 Å². The van der Waals surface area contributed by atoms with Gasteiger partial charge in [-0.25, -0.2) is 0 Å². The number of nitrogens with zero attached hydrogens (tertiary/aromatic N) is 1. The average molecular weight is 274 g/mol. The zero-order chi connectivity index (χ0) is 14.6. The van der Waals surface area contributed by atoms with Gasteiger partial charge in [-0.15, -0.1) is 0 Å². The molecule has 0 amide bonds. The SMILES string of the molecule is CC(C)C1CCC(CN)(N(C)Cc2ccccc2)CC1. The summed E-state index contributed by atoms with van der Waals surface area (Å²) >= 11 is 0. The second-order valence-corrected chi connectivity index (χ2v) is 6.85. The van der Waals surface area contributed by atoms with Gasteiger partial charge in [0.1, 0.15) is 0 Å². The monoisotopic (exact) mass is 274 g/mol. The lowest BCUT2D eigenvalue weighted by molar-refractivity contribution is 0.0498. The lowest BCUT2D eigenvalue weighted by Crippen LogP contribution is -2.54. The molecule has 112 valence electrons. The van der Waals surface area contributed by atoms with Crippen LogP contribution in [-0.4, -0.2) is 24.0 Å². The number of nitrogens with two attached hydrogens (primary N) is 1. The van der Waals surface area contributed by atoms with Gasteiger partial charge in [0.2, 0.25) is 0 Å². The second kappa shape index (κ2) is 6.73. The van der Waals surface area contributed by atoms with E-state index in [1.807, 2.05) is 0 Å². The highest BCUT2D eigenvalue weighted by molar-refractivity contribution is 5.15. The van der Waals surface area contributed by atoms with Crippen LogP contribution in [0.1, 0.15) is 45.1 Å². The third-order valence-corrected chi connectivity index (χ3v) is 5.36. The topological polar surface area (TPSA) is 29.3 Å². The molecule has 0 spiro atoms. The van der Waals surface area contributed by atoms with Gasteiger partial charge in [-0.3, -0.25) is 4.90 Å². The number of likely N-dealkylation sites (N-methyl/N-ethyl adjacent to an activating group) is 1. The highest BCUT2D eigenvalue weighted by Crippen LogP contribution is 2.38. The maximum absolute atomic E-state index is 6.17. The first kappa shape index (κ1) is 15.5. The Hall–Kier alpha value is -0.860. The summed E-state index contributed by atoms with van der Waals surface area (Å²) in [7, 11) is 2.25. The van der Waals surface area contributed by atoms with Crippen molar-refractivity contribution in [1.82, 2.24) is 4.90 Å². The largest absolute Gasteiger partial charge is 0.329 e. The van der Waals surface area contributed by atoms with Crippen molar-refractivity contribution in [3.8, 4) is 0 Å². The van der Waals surface area contributed by atoms with Crippen LogP contribution < -0.4 is 5.73 Å². The fraction of sp³-hybridized carbons (Fsp3) is 0.667. The minimum Gasteiger partial charge on any atom is -0.329 e. The summed E-state index contributed by atoms with van der Waals surface area (Å²) in [5.74, 6) is 1.70. The van der Waals surface area contributed by atoms with E-state index in [1.54, 1.807) is 0 Å². The molecule has 0 aliphatic heterocycles. The maximum Gasteiger partial charge on any atom is 0.0332 e. The van der Waals surface area contributed by atoms with Crippen LogP contribution in [-0.2, 0) is 6.54 Å². The predicted octanol–water partition coefficient (Wildman–Crippen LogP) is 3.66. The Bertz CT molecular complexity index is 391. The van der Waals surface area contributed by atoms with Crippen LogP contribution in [0, 0.1) is 11.8 Å². The molecule has 2 rings (SSSR count). The normalized spacial score (nSPS) is 27.2. The van der Waals surface area contributed by atoms with Crippen molar-refractivity contribution in [3.05, 3.63) is 35.9 Å². The Morgan fingerprint density at radius 3 is 2.30 bits per heavy atom. The molecule has 0 unspecified atom stereocenters. The molecule has 0 aromatic heterocycles. The van der Waals surface area contributed by atoms with E-state index in [0.717, 1.165) is 24.9 Å². The molecule has 0 heterocycles. The van der Waals surface area contributed by atoms with E-state index in [-0.39, 0.29) is 5.54 Å². The van der Waals surface area contributed by atoms with Crippen LogP contribution in [0.3, 0.4) is 0 Å². The van der Waals surface area contributed by atoms with Crippen molar-refractivity contribution in [1.29, 1.82) is 0 Å². The average Bonchev–Trinajstić information content (AvgIpc) is 2.48. The van der Waals surface area contributed by atoms with Crippen LogP contribution in [0.25, 0.3) is 0 Å². The fourth-order valence-corrected chi connectivity index (χ4v) is 3.61. The third kappa shape index (κ3) is 3.42. The molecule has 0 radical (unpaired) electrons. The molecule has 0 atom stereocenters. The molecule has 2 heteroatoms. The first-order chi connectivity index (χ1) is 9.57. The Labute approximate surface area is 124 Å². The molecular formula is C18H30N2. The standard InChI is InChI=1S/C18H30N2/c1-15(2)17-9-11-18(14-19,12-10-17)20(3)13-16-7-5-4-6-8-16/h4-8,15,17H,9-14,19H2,1-3H3. The molecule has 1 aliphatic carbocycles. The lowest BCUT2D eigenvalue weighted by Gasteiger charge is -2.47. The number of benzene rings is 1.